The van der Waals surface area contributed by atoms with E-state index in [-0.39, 0.29) is 18.7 Å². The second-order valence-electron chi connectivity index (χ2n) is 10.8. The van der Waals surface area contributed by atoms with Gasteiger partial charge in [-0.1, -0.05) is 25.3 Å². The summed E-state index contributed by atoms with van der Waals surface area (Å²) in [5.74, 6) is -0.332. The molecule has 1 aromatic carbocycles. The summed E-state index contributed by atoms with van der Waals surface area (Å²) in [6.07, 6.45) is 9.27. The van der Waals surface area contributed by atoms with E-state index in [0.717, 1.165) is 49.0 Å². The molecular weight excluding hydrogens is 444 g/mol. The van der Waals surface area contributed by atoms with Crippen molar-refractivity contribution < 1.29 is 19.2 Å². The fourth-order valence-electron chi connectivity index (χ4n) is 6.44. The fraction of sp³-hybridized carbons (Fsp3) is 0.630. The van der Waals surface area contributed by atoms with E-state index in [9.17, 15) is 19.2 Å². The molecule has 1 atom stereocenters. The smallest absolute Gasteiger partial charge is 0.264 e. The predicted molar refractivity (Wildman–Crippen MR) is 132 cm³/mol. The van der Waals surface area contributed by atoms with Gasteiger partial charge in [-0.3, -0.25) is 29.4 Å². The minimum absolute atomic E-state index is 0.124. The number of benzene rings is 1. The molecule has 3 aliphatic heterocycles. The summed E-state index contributed by atoms with van der Waals surface area (Å²) < 4.78 is 0. The Morgan fingerprint density at radius 2 is 1.57 bits per heavy atom. The van der Waals surface area contributed by atoms with Gasteiger partial charge >= 0.3 is 0 Å². The molecule has 0 spiro atoms. The van der Waals surface area contributed by atoms with E-state index < -0.39 is 23.8 Å². The Labute approximate surface area is 207 Å². The highest BCUT2D eigenvalue weighted by molar-refractivity contribution is 6.25. The molecule has 3 heterocycles. The third-order valence-corrected chi connectivity index (χ3v) is 8.27. The quantitative estimate of drug-likeness (QED) is 0.630. The van der Waals surface area contributed by atoms with Crippen LogP contribution in [0.1, 0.15) is 78.5 Å². The number of nitrogens with zero attached hydrogens (tertiary/aromatic N) is 3. The Morgan fingerprint density at radius 3 is 2.26 bits per heavy atom. The summed E-state index contributed by atoms with van der Waals surface area (Å²) in [7, 11) is 2.25. The van der Waals surface area contributed by atoms with Crippen LogP contribution in [-0.2, 0) is 9.59 Å². The molecule has 1 aromatic rings. The van der Waals surface area contributed by atoms with Gasteiger partial charge in [0.05, 0.1) is 16.8 Å². The van der Waals surface area contributed by atoms with Gasteiger partial charge in [0.25, 0.3) is 11.8 Å². The van der Waals surface area contributed by atoms with E-state index in [1.165, 1.54) is 38.6 Å². The molecular formula is C27H36N4O4. The molecule has 5 rings (SSSR count). The normalized spacial score (nSPS) is 24.3. The largest absolute Gasteiger partial charge is 0.371 e. The van der Waals surface area contributed by atoms with E-state index in [1.54, 1.807) is 6.07 Å². The first-order valence-corrected chi connectivity index (χ1v) is 13.2. The number of hydrogen-bond acceptors (Lipinski definition) is 6. The molecule has 1 aliphatic carbocycles. The van der Waals surface area contributed by atoms with Crippen molar-refractivity contribution in [3.05, 3.63) is 29.3 Å². The SMILES string of the molecule is CN(CC1CCCCC1)CC1CCN(c2cccc3c2C(=O)N(C2CCC(=O)NC2=O)C3=O)CC1. The Balaban J connectivity index is 1.23. The number of rotatable bonds is 6. The number of carbonyl (C=O) groups excluding carboxylic acids is 4. The Kier molecular flexibility index (Phi) is 6.91. The second kappa shape index (κ2) is 10.1. The van der Waals surface area contributed by atoms with Crippen LogP contribution < -0.4 is 10.2 Å². The van der Waals surface area contributed by atoms with Gasteiger partial charge in [-0.25, -0.2) is 0 Å². The standard InChI is InChI=1S/C27H36N4O4/c1-29(16-18-6-3-2-4-7-18)17-19-12-14-30(15-13-19)21-9-5-8-20-24(21)27(35)31(26(20)34)22-10-11-23(32)28-25(22)33/h5,8-9,18-19,22H,2-4,6-7,10-17H2,1H3,(H,28,32,33). The summed E-state index contributed by atoms with van der Waals surface area (Å²) >= 11 is 0. The lowest BCUT2D eigenvalue weighted by molar-refractivity contribution is -0.136. The van der Waals surface area contributed by atoms with E-state index in [1.807, 2.05) is 12.1 Å². The van der Waals surface area contributed by atoms with Crippen molar-refractivity contribution >= 4 is 29.3 Å². The fourth-order valence-corrected chi connectivity index (χ4v) is 6.44. The average molecular weight is 481 g/mol. The van der Waals surface area contributed by atoms with Crippen LogP contribution in [0, 0.1) is 11.8 Å². The van der Waals surface area contributed by atoms with Gasteiger partial charge in [0, 0.05) is 32.6 Å². The van der Waals surface area contributed by atoms with Crippen molar-refractivity contribution in [1.29, 1.82) is 0 Å². The van der Waals surface area contributed by atoms with Gasteiger partial charge < -0.3 is 9.80 Å². The van der Waals surface area contributed by atoms with Crippen LogP contribution in [0.3, 0.4) is 0 Å². The first kappa shape index (κ1) is 24.0. The zero-order chi connectivity index (χ0) is 24.5. The van der Waals surface area contributed by atoms with Crippen molar-refractivity contribution in [1.82, 2.24) is 15.1 Å². The van der Waals surface area contributed by atoms with Crippen molar-refractivity contribution in [3.8, 4) is 0 Å². The Bertz CT molecular complexity index is 1010. The third-order valence-electron chi connectivity index (χ3n) is 8.27. The van der Waals surface area contributed by atoms with Crippen molar-refractivity contribution in [2.75, 3.05) is 38.1 Å². The molecule has 3 fully saturated rings. The first-order chi connectivity index (χ1) is 16.9. The van der Waals surface area contributed by atoms with Crippen LogP contribution in [0.4, 0.5) is 5.69 Å². The molecule has 2 saturated heterocycles. The monoisotopic (exact) mass is 480 g/mol. The predicted octanol–water partition coefficient (Wildman–Crippen LogP) is 2.82. The number of fused-ring (bicyclic) bond motifs is 1. The maximum atomic E-state index is 13.4. The molecule has 0 bridgehead atoms. The molecule has 188 valence electrons. The maximum Gasteiger partial charge on any atom is 0.264 e. The number of nitrogens with one attached hydrogen (secondary N) is 1. The summed E-state index contributed by atoms with van der Waals surface area (Å²) in [4.78, 5) is 56.2. The minimum Gasteiger partial charge on any atom is -0.371 e. The minimum atomic E-state index is -0.932. The Morgan fingerprint density at radius 1 is 0.886 bits per heavy atom. The van der Waals surface area contributed by atoms with Gasteiger partial charge in [-0.05, 0) is 63.1 Å². The van der Waals surface area contributed by atoms with Gasteiger partial charge in [-0.2, -0.15) is 0 Å². The molecule has 4 amide bonds. The van der Waals surface area contributed by atoms with Gasteiger partial charge in [0.15, 0.2) is 0 Å². The lowest BCUT2D eigenvalue weighted by Crippen LogP contribution is -2.54. The molecule has 4 aliphatic rings. The van der Waals surface area contributed by atoms with Crippen LogP contribution in [0.2, 0.25) is 0 Å². The zero-order valence-electron chi connectivity index (χ0n) is 20.6. The van der Waals surface area contributed by atoms with E-state index >= 15 is 0 Å². The molecule has 8 nitrogen and oxygen atoms in total. The topological polar surface area (TPSA) is 90.0 Å². The first-order valence-electron chi connectivity index (χ1n) is 13.2. The van der Waals surface area contributed by atoms with E-state index in [4.69, 9.17) is 0 Å². The van der Waals surface area contributed by atoms with Crippen LogP contribution in [-0.4, -0.2) is 72.7 Å². The summed E-state index contributed by atoms with van der Waals surface area (Å²) in [5.41, 5.74) is 1.53. The third kappa shape index (κ3) is 4.85. The van der Waals surface area contributed by atoms with Crippen LogP contribution in [0.25, 0.3) is 0 Å². The number of anilines is 1. The van der Waals surface area contributed by atoms with E-state index in [0.29, 0.717) is 17.0 Å². The zero-order valence-corrected chi connectivity index (χ0v) is 20.6. The van der Waals surface area contributed by atoms with Crippen LogP contribution >= 0.6 is 0 Å². The molecule has 0 aromatic heterocycles. The highest BCUT2D eigenvalue weighted by Crippen LogP contribution is 2.36. The second-order valence-corrected chi connectivity index (χ2v) is 10.8. The van der Waals surface area contributed by atoms with Crippen molar-refractivity contribution in [3.63, 3.8) is 0 Å². The van der Waals surface area contributed by atoms with Crippen LogP contribution in [0.5, 0.6) is 0 Å². The highest BCUT2D eigenvalue weighted by Gasteiger charge is 2.46. The van der Waals surface area contributed by atoms with Crippen LogP contribution in [0.15, 0.2) is 18.2 Å². The van der Waals surface area contributed by atoms with Gasteiger partial charge in [0.2, 0.25) is 11.8 Å². The number of hydrogen-bond donors (Lipinski definition) is 1. The molecule has 35 heavy (non-hydrogen) atoms. The lowest BCUT2D eigenvalue weighted by atomic mass is 9.88. The van der Waals surface area contributed by atoms with Crippen molar-refractivity contribution in [2.45, 2.75) is 63.8 Å². The summed E-state index contributed by atoms with van der Waals surface area (Å²) in [6.45, 7) is 3.99. The number of amides is 4. The molecule has 0 radical (unpaired) electrons. The van der Waals surface area contributed by atoms with Gasteiger partial charge in [0.1, 0.15) is 6.04 Å². The van der Waals surface area contributed by atoms with Gasteiger partial charge in [-0.15, -0.1) is 0 Å². The summed E-state index contributed by atoms with van der Waals surface area (Å²) in [5, 5.41) is 2.26. The number of imide groups is 2. The highest BCUT2D eigenvalue weighted by atomic mass is 16.2. The molecule has 8 heteroatoms. The maximum absolute atomic E-state index is 13.4. The molecule has 1 N–H and O–H groups in total. The van der Waals surface area contributed by atoms with Crippen molar-refractivity contribution in [2.24, 2.45) is 11.8 Å². The van der Waals surface area contributed by atoms with E-state index in [2.05, 4.69) is 22.2 Å². The number of piperidine rings is 2. The molecule has 1 unspecified atom stereocenters. The molecule has 1 saturated carbocycles. The lowest BCUT2D eigenvalue weighted by Gasteiger charge is -2.37. The Hall–Kier alpha value is -2.74. The summed E-state index contributed by atoms with van der Waals surface area (Å²) in [6, 6.07) is 4.46. The average Bonchev–Trinajstić information content (AvgIpc) is 3.10. The number of carbonyl (C=O) groups is 4.